The molecular weight excluding hydrogens is 265 g/mol. The number of alkyl halides is 3. The van der Waals surface area contributed by atoms with Gasteiger partial charge in [-0.2, -0.15) is 13.2 Å². The van der Waals surface area contributed by atoms with Gasteiger partial charge in [-0.1, -0.05) is 0 Å². The summed E-state index contributed by atoms with van der Waals surface area (Å²) < 4.78 is 47.9. The van der Waals surface area contributed by atoms with Gasteiger partial charge in [0.15, 0.2) is 0 Å². The van der Waals surface area contributed by atoms with Crippen molar-refractivity contribution in [2.45, 2.75) is 12.3 Å². The summed E-state index contributed by atoms with van der Waals surface area (Å²) in [5.74, 6) is -1.31. The summed E-state index contributed by atoms with van der Waals surface area (Å²) >= 11 is 0. The molecule has 0 saturated heterocycles. The molecule has 1 atom stereocenters. The Bertz CT molecular complexity index is 548. The molecule has 1 heterocycles. The third kappa shape index (κ3) is 2.49. The molecule has 2 rings (SSSR count). The SMILES string of the molecule is COc1ccc2c(c1)C=C(C(=O)O)[C@H](C(F)(F)F)O2. The highest BCUT2D eigenvalue weighted by atomic mass is 19.4. The van der Waals surface area contributed by atoms with E-state index >= 15 is 0 Å². The Labute approximate surface area is 106 Å². The van der Waals surface area contributed by atoms with Crippen molar-refractivity contribution in [1.82, 2.24) is 0 Å². The monoisotopic (exact) mass is 274 g/mol. The Hall–Kier alpha value is -2.18. The van der Waals surface area contributed by atoms with E-state index in [9.17, 15) is 18.0 Å². The van der Waals surface area contributed by atoms with Crippen LogP contribution < -0.4 is 9.47 Å². The Morgan fingerprint density at radius 2 is 2.11 bits per heavy atom. The molecule has 1 aromatic carbocycles. The van der Waals surface area contributed by atoms with Gasteiger partial charge >= 0.3 is 12.1 Å². The normalized spacial score (nSPS) is 18.1. The van der Waals surface area contributed by atoms with Gasteiger partial charge in [-0.15, -0.1) is 0 Å². The van der Waals surface area contributed by atoms with E-state index in [4.69, 9.17) is 14.6 Å². The molecular formula is C12H9F3O4. The van der Waals surface area contributed by atoms with E-state index in [1.165, 1.54) is 25.3 Å². The fraction of sp³-hybridized carbons (Fsp3) is 0.250. The van der Waals surface area contributed by atoms with Crippen LogP contribution in [0.2, 0.25) is 0 Å². The molecule has 7 heteroatoms. The lowest BCUT2D eigenvalue weighted by Gasteiger charge is -2.27. The van der Waals surface area contributed by atoms with Crippen LogP contribution >= 0.6 is 0 Å². The third-order valence-corrected chi connectivity index (χ3v) is 2.60. The highest BCUT2D eigenvalue weighted by Gasteiger charge is 2.48. The quantitative estimate of drug-likeness (QED) is 0.900. The van der Waals surface area contributed by atoms with Gasteiger partial charge in [-0.3, -0.25) is 0 Å². The molecule has 1 aliphatic rings. The highest BCUT2D eigenvalue weighted by molar-refractivity contribution is 5.95. The van der Waals surface area contributed by atoms with Gasteiger partial charge in [0.1, 0.15) is 11.5 Å². The Morgan fingerprint density at radius 1 is 1.42 bits per heavy atom. The number of methoxy groups -OCH3 is 1. The molecule has 0 bridgehead atoms. The molecule has 1 aromatic rings. The maximum Gasteiger partial charge on any atom is 0.430 e. The van der Waals surface area contributed by atoms with E-state index in [0.29, 0.717) is 5.75 Å². The van der Waals surface area contributed by atoms with Crippen molar-refractivity contribution in [1.29, 1.82) is 0 Å². The van der Waals surface area contributed by atoms with Crippen LogP contribution in [0, 0.1) is 0 Å². The summed E-state index contributed by atoms with van der Waals surface area (Å²) in [7, 11) is 1.39. The average Bonchev–Trinajstić information content (AvgIpc) is 2.35. The van der Waals surface area contributed by atoms with Crippen molar-refractivity contribution in [2.75, 3.05) is 7.11 Å². The van der Waals surface area contributed by atoms with Crippen LogP contribution in [0.3, 0.4) is 0 Å². The molecule has 0 aromatic heterocycles. The molecule has 1 N–H and O–H groups in total. The zero-order chi connectivity index (χ0) is 14.2. The first-order valence-electron chi connectivity index (χ1n) is 5.19. The van der Waals surface area contributed by atoms with Gasteiger partial charge in [0, 0.05) is 5.56 Å². The van der Waals surface area contributed by atoms with E-state index in [1.54, 1.807) is 0 Å². The number of hydrogen-bond donors (Lipinski definition) is 1. The number of hydrogen-bond acceptors (Lipinski definition) is 3. The molecule has 4 nitrogen and oxygen atoms in total. The number of aliphatic carboxylic acids is 1. The Morgan fingerprint density at radius 3 is 2.63 bits per heavy atom. The minimum atomic E-state index is -4.79. The van der Waals surface area contributed by atoms with Crippen molar-refractivity contribution < 1.29 is 32.5 Å². The first kappa shape index (κ1) is 13.3. The largest absolute Gasteiger partial charge is 0.497 e. The van der Waals surface area contributed by atoms with Crippen LogP contribution in [0.5, 0.6) is 11.5 Å². The molecule has 0 saturated carbocycles. The lowest BCUT2D eigenvalue weighted by molar-refractivity contribution is -0.187. The molecule has 0 radical (unpaired) electrons. The topological polar surface area (TPSA) is 55.8 Å². The minimum absolute atomic E-state index is 0.0341. The number of ether oxygens (including phenoxy) is 2. The average molecular weight is 274 g/mol. The van der Waals surface area contributed by atoms with Crippen LogP contribution in [0.25, 0.3) is 6.08 Å². The van der Waals surface area contributed by atoms with E-state index in [2.05, 4.69) is 0 Å². The summed E-state index contributed by atoms with van der Waals surface area (Å²) in [4.78, 5) is 10.9. The van der Waals surface area contributed by atoms with Crippen molar-refractivity contribution >= 4 is 12.0 Å². The van der Waals surface area contributed by atoms with Crippen molar-refractivity contribution in [3.63, 3.8) is 0 Å². The Kier molecular flexibility index (Phi) is 3.13. The van der Waals surface area contributed by atoms with Crippen molar-refractivity contribution in [3.05, 3.63) is 29.3 Å². The van der Waals surface area contributed by atoms with Crippen LogP contribution in [0.15, 0.2) is 23.8 Å². The molecule has 19 heavy (non-hydrogen) atoms. The number of carbonyl (C=O) groups is 1. The maximum absolute atomic E-state index is 12.7. The molecule has 102 valence electrons. The molecule has 0 amide bonds. The van der Waals surface area contributed by atoms with Crippen molar-refractivity contribution in [2.24, 2.45) is 0 Å². The smallest absolute Gasteiger partial charge is 0.430 e. The number of fused-ring (bicyclic) bond motifs is 1. The molecule has 0 fully saturated rings. The fourth-order valence-electron chi connectivity index (χ4n) is 1.72. The zero-order valence-electron chi connectivity index (χ0n) is 9.69. The van der Waals surface area contributed by atoms with Crippen molar-refractivity contribution in [3.8, 4) is 11.5 Å². The molecule has 0 aliphatic carbocycles. The minimum Gasteiger partial charge on any atom is -0.497 e. The highest BCUT2D eigenvalue weighted by Crippen LogP contribution is 2.38. The number of rotatable bonds is 2. The molecule has 0 unspecified atom stereocenters. The second-order valence-corrected chi connectivity index (χ2v) is 3.85. The number of carboxylic acids is 1. The summed E-state index contributed by atoms with van der Waals surface area (Å²) in [6, 6.07) is 4.15. The first-order chi connectivity index (χ1) is 8.82. The second-order valence-electron chi connectivity index (χ2n) is 3.85. The van der Waals surface area contributed by atoms with E-state index in [-0.39, 0.29) is 11.3 Å². The maximum atomic E-state index is 12.7. The first-order valence-corrected chi connectivity index (χ1v) is 5.19. The lowest BCUT2D eigenvalue weighted by Crippen LogP contribution is -2.40. The standard InChI is InChI=1S/C12H9F3O4/c1-18-7-2-3-9-6(4-7)5-8(11(16)17)10(19-9)12(13,14)15/h2-5,10H,1H3,(H,16,17)/t10-/m1/s1. The lowest BCUT2D eigenvalue weighted by atomic mass is 10.0. The fourth-order valence-corrected chi connectivity index (χ4v) is 1.72. The summed E-state index contributed by atoms with van der Waals surface area (Å²) in [6.45, 7) is 0. The predicted octanol–water partition coefficient (Wildman–Crippen LogP) is 2.49. The number of carboxylic acid groups (broad SMARTS) is 1. The van der Waals surface area contributed by atoms with Crippen LogP contribution in [0.1, 0.15) is 5.56 Å². The van der Waals surface area contributed by atoms with Gasteiger partial charge < -0.3 is 14.6 Å². The van der Waals surface area contributed by atoms with Crippen LogP contribution in [-0.4, -0.2) is 30.5 Å². The molecule has 1 aliphatic heterocycles. The molecule has 0 spiro atoms. The second kappa shape index (κ2) is 4.49. The summed E-state index contributed by atoms with van der Waals surface area (Å²) in [5.41, 5.74) is -0.620. The van der Waals surface area contributed by atoms with Gasteiger partial charge in [0.05, 0.1) is 12.7 Å². The third-order valence-electron chi connectivity index (χ3n) is 2.60. The Balaban J connectivity index is 2.51. The van der Waals surface area contributed by atoms with Gasteiger partial charge in [-0.25, -0.2) is 4.79 Å². The van der Waals surface area contributed by atoms with E-state index < -0.39 is 23.8 Å². The van der Waals surface area contributed by atoms with Gasteiger partial charge in [-0.05, 0) is 24.3 Å². The van der Waals surface area contributed by atoms with Gasteiger partial charge in [0.25, 0.3) is 0 Å². The number of halogens is 3. The van der Waals surface area contributed by atoms with Crippen LogP contribution in [0.4, 0.5) is 13.2 Å². The van der Waals surface area contributed by atoms with E-state index in [0.717, 1.165) is 6.08 Å². The van der Waals surface area contributed by atoms with E-state index in [1.807, 2.05) is 0 Å². The zero-order valence-corrected chi connectivity index (χ0v) is 9.69. The number of benzene rings is 1. The summed E-state index contributed by atoms with van der Waals surface area (Å²) in [6.07, 6.45) is -6.31. The predicted molar refractivity (Wildman–Crippen MR) is 59.1 cm³/mol. The van der Waals surface area contributed by atoms with Gasteiger partial charge in [0.2, 0.25) is 6.10 Å². The summed E-state index contributed by atoms with van der Waals surface area (Å²) in [5, 5.41) is 8.84. The van der Waals surface area contributed by atoms with Crippen LogP contribution in [-0.2, 0) is 4.79 Å².